The van der Waals surface area contributed by atoms with Crippen LogP contribution in [0.4, 0.5) is 0 Å². The number of Topliss-reactive ketones (excluding diaryl/α,β-unsaturated/α-hetero) is 1. The van der Waals surface area contributed by atoms with Gasteiger partial charge in [-0.15, -0.1) is 11.8 Å². The number of carbonyl (C=O) groups is 1. The summed E-state index contributed by atoms with van der Waals surface area (Å²) in [6.45, 7) is 8.49. The fourth-order valence-corrected chi connectivity index (χ4v) is 3.31. The first-order chi connectivity index (χ1) is 9.95. The second kappa shape index (κ2) is 6.95. The molecule has 0 saturated heterocycles. The van der Waals surface area contributed by atoms with Gasteiger partial charge in [0.15, 0.2) is 5.78 Å². The van der Waals surface area contributed by atoms with Gasteiger partial charge in [-0.25, -0.2) is 0 Å². The Morgan fingerprint density at radius 1 is 1.00 bits per heavy atom. The topological polar surface area (TPSA) is 17.1 Å². The van der Waals surface area contributed by atoms with Crippen LogP contribution < -0.4 is 0 Å². The first-order valence-electron chi connectivity index (χ1n) is 7.30. The van der Waals surface area contributed by atoms with Crippen molar-refractivity contribution in [3.8, 4) is 0 Å². The van der Waals surface area contributed by atoms with Crippen molar-refractivity contribution in [2.75, 3.05) is 5.75 Å². The van der Waals surface area contributed by atoms with Crippen molar-refractivity contribution < 1.29 is 4.79 Å². The van der Waals surface area contributed by atoms with Gasteiger partial charge >= 0.3 is 0 Å². The van der Waals surface area contributed by atoms with Crippen molar-refractivity contribution >= 4 is 17.5 Å². The predicted octanol–water partition coefficient (Wildman–Crippen LogP) is 5.40. The second-order valence-corrected chi connectivity index (χ2v) is 6.86. The highest BCUT2D eigenvalue weighted by molar-refractivity contribution is 8.00. The summed E-state index contributed by atoms with van der Waals surface area (Å²) in [6.07, 6.45) is 0. The van der Waals surface area contributed by atoms with E-state index in [0.717, 1.165) is 5.56 Å². The van der Waals surface area contributed by atoms with Crippen LogP contribution in [0.15, 0.2) is 47.4 Å². The molecule has 0 aliphatic carbocycles. The van der Waals surface area contributed by atoms with Crippen LogP contribution >= 0.6 is 11.8 Å². The maximum Gasteiger partial charge on any atom is 0.173 e. The van der Waals surface area contributed by atoms with E-state index < -0.39 is 0 Å². The molecule has 1 nitrogen and oxygen atoms in total. The minimum atomic E-state index is 0.189. The van der Waals surface area contributed by atoms with Gasteiger partial charge in [-0.1, -0.05) is 44.2 Å². The van der Waals surface area contributed by atoms with Gasteiger partial charge in [0.05, 0.1) is 5.75 Å². The lowest BCUT2D eigenvalue weighted by atomic mass is 10.0. The first-order valence-corrected chi connectivity index (χ1v) is 8.28. The summed E-state index contributed by atoms with van der Waals surface area (Å²) >= 11 is 1.61. The molecule has 0 unspecified atom stereocenters. The Hall–Kier alpha value is -1.54. The molecule has 2 aromatic rings. The molecule has 0 fully saturated rings. The normalized spacial score (nSPS) is 10.9. The summed E-state index contributed by atoms with van der Waals surface area (Å²) in [5.74, 6) is 1.18. The zero-order chi connectivity index (χ0) is 15.4. The molecule has 0 amide bonds. The highest BCUT2D eigenvalue weighted by atomic mass is 32.2. The number of ketones is 1. The van der Waals surface area contributed by atoms with Crippen molar-refractivity contribution in [3.05, 3.63) is 64.7 Å². The van der Waals surface area contributed by atoms with Crippen molar-refractivity contribution in [1.82, 2.24) is 0 Å². The molecule has 0 aliphatic rings. The molecular weight excluding hydrogens is 276 g/mol. The van der Waals surface area contributed by atoms with Gasteiger partial charge in [0.1, 0.15) is 0 Å². The molecule has 0 spiro atoms. The highest BCUT2D eigenvalue weighted by Crippen LogP contribution is 2.22. The van der Waals surface area contributed by atoms with Crippen LogP contribution in [-0.4, -0.2) is 11.5 Å². The molecule has 0 bridgehead atoms. The van der Waals surface area contributed by atoms with E-state index in [1.807, 2.05) is 12.1 Å². The van der Waals surface area contributed by atoms with Crippen LogP contribution in [0, 0.1) is 13.8 Å². The molecule has 2 heteroatoms. The van der Waals surface area contributed by atoms with Crippen LogP contribution in [0.3, 0.4) is 0 Å². The number of carbonyl (C=O) groups excluding carboxylic acids is 1. The van der Waals surface area contributed by atoms with Crippen molar-refractivity contribution in [1.29, 1.82) is 0 Å². The molecule has 2 rings (SSSR count). The van der Waals surface area contributed by atoms with Gasteiger partial charge in [-0.05, 0) is 48.6 Å². The third kappa shape index (κ3) is 4.47. The average Bonchev–Trinajstić information content (AvgIpc) is 2.44. The van der Waals surface area contributed by atoms with Gasteiger partial charge < -0.3 is 0 Å². The SMILES string of the molecule is Cc1cc(C)cc(SCC(=O)c2ccc(C(C)C)cc2)c1. The van der Waals surface area contributed by atoms with E-state index in [2.05, 4.69) is 58.0 Å². The molecule has 21 heavy (non-hydrogen) atoms. The first kappa shape index (κ1) is 15.8. The summed E-state index contributed by atoms with van der Waals surface area (Å²) in [4.78, 5) is 13.4. The van der Waals surface area contributed by atoms with E-state index in [0.29, 0.717) is 11.7 Å². The number of rotatable bonds is 5. The Labute approximate surface area is 131 Å². The number of aryl methyl sites for hydroxylation is 2. The van der Waals surface area contributed by atoms with Gasteiger partial charge in [-0.3, -0.25) is 4.79 Å². The molecule has 0 radical (unpaired) electrons. The van der Waals surface area contributed by atoms with Gasteiger partial charge in [0.2, 0.25) is 0 Å². The number of hydrogen-bond donors (Lipinski definition) is 0. The van der Waals surface area contributed by atoms with Gasteiger partial charge in [-0.2, -0.15) is 0 Å². The lowest BCUT2D eigenvalue weighted by Crippen LogP contribution is -2.02. The predicted molar refractivity (Wildman–Crippen MR) is 91.5 cm³/mol. The lowest BCUT2D eigenvalue weighted by Gasteiger charge is -2.07. The molecular formula is C19H22OS. The Morgan fingerprint density at radius 2 is 1.57 bits per heavy atom. The van der Waals surface area contributed by atoms with Crippen molar-refractivity contribution in [2.45, 2.75) is 38.5 Å². The number of benzene rings is 2. The third-order valence-electron chi connectivity index (χ3n) is 3.46. The molecule has 0 saturated carbocycles. The summed E-state index contributed by atoms with van der Waals surface area (Å²) in [5, 5.41) is 0. The minimum Gasteiger partial charge on any atom is -0.293 e. The van der Waals surface area contributed by atoms with Gasteiger partial charge in [0.25, 0.3) is 0 Å². The van der Waals surface area contributed by atoms with Crippen molar-refractivity contribution in [3.63, 3.8) is 0 Å². The highest BCUT2D eigenvalue weighted by Gasteiger charge is 2.08. The fraction of sp³-hybridized carbons (Fsp3) is 0.316. The van der Waals surface area contributed by atoms with E-state index >= 15 is 0 Å². The van der Waals surface area contributed by atoms with E-state index in [1.165, 1.54) is 21.6 Å². The largest absolute Gasteiger partial charge is 0.293 e. The van der Waals surface area contributed by atoms with Crippen LogP contribution in [0.5, 0.6) is 0 Å². The number of hydrogen-bond acceptors (Lipinski definition) is 2. The monoisotopic (exact) mass is 298 g/mol. The standard InChI is InChI=1S/C19H22OS/c1-13(2)16-5-7-17(8-6-16)19(20)12-21-18-10-14(3)9-15(4)11-18/h5-11,13H,12H2,1-4H3. The molecule has 2 aromatic carbocycles. The summed E-state index contributed by atoms with van der Waals surface area (Å²) < 4.78 is 0. The summed E-state index contributed by atoms with van der Waals surface area (Å²) in [5.41, 5.74) is 4.56. The zero-order valence-electron chi connectivity index (χ0n) is 13.1. The number of thioether (sulfide) groups is 1. The maximum atomic E-state index is 12.2. The Balaban J connectivity index is 2.01. The smallest absolute Gasteiger partial charge is 0.173 e. The van der Waals surface area contributed by atoms with E-state index in [-0.39, 0.29) is 5.78 Å². The Morgan fingerprint density at radius 3 is 2.10 bits per heavy atom. The molecule has 0 N–H and O–H groups in total. The van der Waals surface area contributed by atoms with E-state index in [4.69, 9.17) is 0 Å². The van der Waals surface area contributed by atoms with Crippen LogP contribution in [0.1, 0.15) is 46.8 Å². The van der Waals surface area contributed by atoms with Crippen LogP contribution in [0.2, 0.25) is 0 Å². The second-order valence-electron chi connectivity index (χ2n) is 5.81. The lowest BCUT2D eigenvalue weighted by molar-refractivity contribution is 0.102. The third-order valence-corrected chi connectivity index (χ3v) is 4.44. The zero-order valence-corrected chi connectivity index (χ0v) is 14.0. The average molecular weight is 298 g/mol. The molecule has 0 heterocycles. The van der Waals surface area contributed by atoms with E-state index in [1.54, 1.807) is 11.8 Å². The summed E-state index contributed by atoms with van der Waals surface area (Å²) in [6, 6.07) is 14.4. The van der Waals surface area contributed by atoms with Gasteiger partial charge in [0, 0.05) is 10.5 Å². The Kier molecular flexibility index (Phi) is 5.24. The molecule has 0 atom stereocenters. The minimum absolute atomic E-state index is 0.189. The van der Waals surface area contributed by atoms with Crippen LogP contribution in [0.25, 0.3) is 0 Å². The molecule has 110 valence electrons. The Bertz CT molecular complexity index is 606. The molecule has 0 aromatic heterocycles. The molecule has 0 aliphatic heterocycles. The summed E-state index contributed by atoms with van der Waals surface area (Å²) in [7, 11) is 0. The van der Waals surface area contributed by atoms with E-state index in [9.17, 15) is 4.79 Å². The quantitative estimate of drug-likeness (QED) is 0.543. The van der Waals surface area contributed by atoms with Crippen molar-refractivity contribution in [2.24, 2.45) is 0 Å². The van der Waals surface area contributed by atoms with Crippen LogP contribution in [-0.2, 0) is 0 Å². The fourth-order valence-electron chi connectivity index (χ4n) is 2.30. The maximum absolute atomic E-state index is 12.2.